The Morgan fingerprint density at radius 3 is 0.972 bits per heavy atom. The molecule has 0 bridgehead atoms. The summed E-state index contributed by atoms with van der Waals surface area (Å²) in [6, 6.07) is -0.639. The molecule has 0 heterocycles. The molecule has 2 unspecified atom stereocenters. The van der Waals surface area contributed by atoms with Crippen LogP contribution >= 0.6 is 0 Å². The number of carbonyl (C=O) groups is 1. The van der Waals surface area contributed by atoms with Crippen molar-refractivity contribution in [3.63, 3.8) is 0 Å². The van der Waals surface area contributed by atoms with Gasteiger partial charge in [0.25, 0.3) is 0 Å². The van der Waals surface area contributed by atoms with Gasteiger partial charge in [-0.2, -0.15) is 0 Å². The molecule has 0 radical (unpaired) electrons. The van der Waals surface area contributed by atoms with Crippen molar-refractivity contribution in [3.05, 3.63) is 72.9 Å². The molecule has 0 aromatic carbocycles. The Morgan fingerprint density at radius 2 is 0.625 bits per heavy atom. The molecule has 2 atom stereocenters. The van der Waals surface area contributed by atoms with E-state index in [-0.39, 0.29) is 12.5 Å². The fraction of sp³-hybridized carbons (Fsp3) is 0.809. The first-order chi connectivity index (χ1) is 35.7. The molecule has 1 amide bonds. The lowest BCUT2D eigenvalue weighted by Gasteiger charge is -2.19. The number of unbranched alkanes of at least 4 members (excludes halogenated alkanes) is 42. The average Bonchev–Trinajstić information content (AvgIpc) is 3.39. The van der Waals surface area contributed by atoms with E-state index in [2.05, 4.69) is 79.9 Å². The van der Waals surface area contributed by atoms with E-state index in [0.717, 1.165) is 57.8 Å². The van der Waals surface area contributed by atoms with Gasteiger partial charge in [-0.05, 0) is 70.6 Å². The summed E-state index contributed by atoms with van der Waals surface area (Å²) in [4.78, 5) is 12.5. The van der Waals surface area contributed by atoms with Crippen molar-refractivity contribution in [1.29, 1.82) is 0 Å². The van der Waals surface area contributed by atoms with Gasteiger partial charge in [-0.1, -0.05) is 331 Å². The van der Waals surface area contributed by atoms with Gasteiger partial charge in [0.15, 0.2) is 0 Å². The SMILES string of the molecule is CC/C=C\C/C=C\C/C=C\C/C=C\CCCCCCCCCCCCCCCCCCCCCCCCCCCCCCC(=O)NC(CO)C(O)/C=C/CC/C=C/CCCCCCCCCCCCCCC. The summed E-state index contributed by atoms with van der Waals surface area (Å²) in [6.45, 7) is 4.21. The Bertz CT molecular complexity index is 1230. The van der Waals surface area contributed by atoms with Crippen LogP contribution in [-0.4, -0.2) is 34.9 Å². The van der Waals surface area contributed by atoms with Gasteiger partial charge in [0.2, 0.25) is 5.91 Å². The van der Waals surface area contributed by atoms with Crippen LogP contribution in [0.3, 0.4) is 0 Å². The molecule has 0 aliphatic carbocycles. The molecule has 4 heteroatoms. The van der Waals surface area contributed by atoms with Gasteiger partial charge in [-0.15, -0.1) is 0 Å². The summed E-state index contributed by atoms with van der Waals surface area (Å²) in [5, 5.41) is 23.2. The van der Waals surface area contributed by atoms with Crippen molar-refractivity contribution in [2.45, 2.75) is 347 Å². The molecule has 4 nitrogen and oxygen atoms in total. The third-order valence-corrected chi connectivity index (χ3v) is 14.7. The fourth-order valence-corrected chi connectivity index (χ4v) is 9.84. The lowest BCUT2D eigenvalue weighted by molar-refractivity contribution is -0.123. The first-order valence-corrected chi connectivity index (χ1v) is 32.2. The van der Waals surface area contributed by atoms with Crippen molar-refractivity contribution in [1.82, 2.24) is 5.32 Å². The summed E-state index contributed by atoms with van der Waals surface area (Å²) >= 11 is 0. The summed E-state index contributed by atoms with van der Waals surface area (Å²) in [6.07, 6.45) is 91.2. The molecule has 0 aliphatic rings. The third kappa shape index (κ3) is 58.7. The molecule has 0 aromatic rings. The standard InChI is InChI=1S/C68H125NO3/c1-3-5-7-9-11-13-15-17-19-21-23-24-25-26-27-28-29-30-31-32-33-34-35-36-37-38-39-40-41-42-43-44-46-48-50-52-54-56-58-60-62-64-68(72)69-66(65-70)67(71)63-61-59-57-55-53-51-49-47-45-22-20-18-16-14-12-10-8-6-4-2/h5,7,11,13,17,19,23-24,53,55,61,63,66-67,70-71H,3-4,6,8-10,12,14-16,18,20-22,25-52,54,56-60,62,64-65H2,1-2H3,(H,69,72)/b7-5-,13-11-,19-17-,24-23-,55-53+,63-61+. The van der Waals surface area contributed by atoms with E-state index in [1.165, 1.54) is 257 Å². The number of hydrogen-bond acceptors (Lipinski definition) is 3. The smallest absolute Gasteiger partial charge is 0.220 e. The number of aliphatic hydroxyl groups is 2. The second-order valence-electron chi connectivity index (χ2n) is 21.8. The quantitative estimate of drug-likeness (QED) is 0.0420. The highest BCUT2D eigenvalue weighted by Crippen LogP contribution is 2.18. The number of carbonyl (C=O) groups excluding carboxylic acids is 1. The molecular formula is C68H125NO3. The van der Waals surface area contributed by atoms with Crippen LogP contribution in [0.2, 0.25) is 0 Å². The van der Waals surface area contributed by atoms with Gasteiger partial charge in [0, 0.05) is 6.42 Å². The zero-order valence-electron chi connectivity index (χ0n) is 48.4. The molecule has 0 aromatic heterocycles. The Hall–Kier alpha value is -2.17. The second kappa shape index (κ2) is 63.1. The van der Waals surface area contributed by atoms with Crippen molar-refractivity contribution >= 4 is 5.91 Å². The monoisotopic (exact) mass is 1000 g/mol. The first-order valence-electron chi connectivity index (χ1n) is 32.2. The third-order valence-electron chi connectivity index (χ3n) is 14.7. The lowest BCUT2D eigenvalue weighted by atomic mass is 10.0. The number of nitrogens with one attached hydrogen (secondary N) is 1. The van der Waals surface area contributed by atoms with Crippen LogP contribution in [0.15, 0.2) is 72.9 Å². The zero-order chi connectivity index (χ0) is 52.0. The number of rotatable bonds is 59. The predicted octanol–water partition coefficient (Wildman–Crippen LogP) is 21.7. The minimum atomic E-state index is -0.863. The van der Waals surface area contributed by atoms with Gasteiger partial charge in [-0.25, -0.2) is 0 Å². The minimum absolute atomic E-state index is 0.0684. The topological polar surface area (TPSA) is 69.6 Å². The molecule has 0 rings (SSSR count). The van der Waals surface area contributed by atoms with Crippen LogP contribution in [0, 0.1) is 0 Å². The Balaban J connectivity index is 3.42. The normalized spacial score (nSPS) is 13.2. The van der Waals surface area contributed by atoms with Crippen LogP contribution < -0.4 is 5.32 Å². The lowest BCUT2D eigenvalue weighted by Crippen LogP contribution is -2.45. The summed E-state index contributed by atoms with van der Waals surface area (Å²) < 4.78 is 0. The maximum atomic E-state index is 12.5. The van der Waals surface area contributed by atoms with E-state index in [1.807, 2.05) is 6.08 Å². The summed E-state index contributed by atoms with van der Waals surface area (Å²) in [7, 11) is 0. The van der Waals surface area contributed by atoms with Gasteiger partial charge in [-0.3, -0.25) is 4.79 Å². The zero-order valence-corrected chi connectivity index (χ0v) is 48.4. The van der Waals surface area contributed by atoms with Crippen LogP contribution in [0.5, 0.6) is 0 Å². The average molecular weight is 1000 g/mol. The number of allylic oxidation sites excluding steroid dienone is 11. The number of aliphatic hydroxyl groups excluding tert-OH is 2. The predicted molar refractivity (Wildman–Crippen MR) is 322 cm³/mol. The molecule has 0 spiro atoms. The molecule has 72 heavy (non-hydrogen) atoms. The molecule has 420 valence electrons. The minimum Gasteiger partial charge on any atom is -0.394 e. The van der Waals surface area contributed by atoms with Crippen molar-refractivity contribution in [2.75, 3.05) is 6.61 Å². The Morgan fingerprint density at radius 1 is 0.347 bits per heavy atom. The highest BCUT2D eigenvalue weighted by Gasteiger charge is 2.18. The van der Waals surface area contributed by atoms with Crippen LogP contribution in [-0.2, 0) is 4.79 Å². The maximum Gasteiger partial charge on any atom is 0.220 e. The van der Waals surface area contributed by atoms with Gasteiger partial charge in [0.1, 0.15) is 0 Å². The van der Waals surface area contributed by atoms with E-state index in [4.69, 9.17) is 0 Å². The van der Waals surface area contributed by atoms with Crippen molar-refractivity contribution in [3.8, 4) is 0 Å². The fourth-order valence-electron chi connectivity index (χ4n) is 9.84. The summed E-state index contributed by atoms with van der Waals surface area (Å²) in [5.74, 6) is -0.0684. The van der Waals surface area contributed by atoms with Gasteiger partial charge >= 0.3 is 0 Å². The van der Waals surface area contributed by atoms with E-state index in [9.17, 15) is 15.0 Å². The molecule has 3 N–H and O–H groups in total. The van der Waals surface area contributed by atoms with E-state index in [0.29, 0.717) is 6.42 Å². The largest absolute Gasteiger partial charge is 0.394 e. The molecular weight excluding hydrogens is 879 g/mol. The molecule has 0 saturated carbocycles. The molecule has 0 fully saturated rings. The number of hydrogen-bond donors (Lipinski definition) is 3. The highest BCUT2D eigenvalue weighted by atomic mass is 16.3. The highest BCUT2D eigenvalue weighted by molar-refractivity contribution is 5.76. The van der Waals surface area contributed by atoms with Gasteiger partial charge in [0.05, 0.1) is 18.8 Å². The van der Waals surface area contributed by atoms with Gasteiger partial charge < -0.3 is 15.5 Å². The summed E-state index contributed by atoms with van der Waals surface area (Å²) in [5.41, 5.74) is 0. The van der Waals surface area contributed by atoms with E-state index < -0.39 is 12.1 Å². The van der Waals surface area contributed by atoms with Crippen LogP contribution in [0.25, 0.3) is 0 Å². The van der Waals surface area contributed by atoms with Crippen molar-refractivity contribution in [2.24, 2.45) is 0 Å². The van der Waals surface area contributed by atoms with Crippen LogP contribution in [0.4, 0.5) is 0 Å². The van der Waals surface area contributed by atoms with Crippen molar-refractivity contribution < 1.29 is 15.0 Å². The second-order valence-corrected chi connectivity index (χ2v) is 21.8. The molecule has 0 saturated heterocycles. The Kier molecular flexibility index (Phi) is 61.2. The molecule has 0 aliphatic heterocycles. The van der Waals surface area contributed by atoms with E-state index in [1.54, 1.807) is 6.08 Å². The Labute approximate surface area is 450 Å². The number of amides is 1. The maximum absolute atomic E-state index is 12.5. The van der Waals surface area contributed by atoms with E-state index >= 15 is 0 Å². The van der Waals surface area contributed by atoms with Crippen LogP contribution in [0.1, 0.15) is 335 Å². The first kappa shape index (κ1) is 69.8.